The summed E-state index contributed by atoms with van der Waals surface area (Å²) in [6.45, 7) is 2.02. The standard InChI is InChI=1S/C13H16N4OS/c1-3-10(13-16-6-7-19-13)17-12(18)9-8-15-5-4-11(9)14-2/h4-8,10H,3H2,1-2H3,(H,14,15)(H,17,18). The number of nitrogens with zero attached hydrogens (tertiary/aromatic N) is 2. The van der Waals surface area contributed by atoms with E-state index in [-0.39, 0.29) is 11.9 Å². The van der Waals surface area contributed by atoms with E-state index in [2.05, 4.69) is 20.6 Å². The molecule has 5 nitrogen and oxygen atoms in total. The summed E-state index contributed by atoms with van der Waals surface area (Å²) >= 11 is 1.55. The van der Waals surface area contributed by atoms with Gasteiger partial charge in [0.05, 0.1) is 11.6 Å². The van der Waals surface area contributed by atoms with E-state index < -0.39 is 0 Å². The summed E-state index contributed by atoms with van der Waals surface area (Å²) in [7, 11) is 1.78. The van der Waals surface area contributed by atoms with E-state index in [0.29, 0.717) is 5.56 Å². The van der Waals surface area contributed by atoms with Crippen LogP contribution in [0.3, 0.4) is 0 Å². The van der Waals surface area contributed by atoms with Gasteiger partial charge in [-0.3, -0.25) is 9.78 Å². The molecule has 0 bridgehead atoms. The van der Waals surface area contributed by atoms with Crippen molar-refractivity contribution in [3.8, 4) is 0 Å². The average Bonchev–Trinajstić information content (AvgIpc) is 2.98. The Morgan fingerprint density at radius 2 is 2.32 bits per heavy atom. The van der Waals surface area contributed by atoms with Gasteiger partial charge in [-0.1, -0.05) is 6.92 Å². The Bertz CT molecular complexity index is 541. The number of nitrogens with one attached hydrogen (secondary N) is 2. The van der Waals surface area contributed by atoms with Gasteiger partial charge in [-0.25, -0.2) is 4.98 Å². The predicted octanol–water partition coefficient (Wildman–Crippen LogP) is 2.46. The molecule has 0 aromatic carbocycles. The zero-order valence-corrected chi connectivity index (χ0v) is 11.7. The molecule has 0 saturated carbocycles. The molecule has 2 aromatic rings. The van der Waals surface area contributed by atoms with E-state index in [4.69, 9.17) is 0 Å². The third kappa shape index (κ3) is 3.08. The summed E-state index contributed by atoms with van der Waals surface area (Å²) in [6, 6.07) is 1.72. The van der Waals surface area contributed by atoms with Gasteiger partial charge in [0.1, 0.15) is 5.01 Å². The van der Waals surface area contributed by atoms with Crippen molar-refractivity contribution in [2.75, 3.05) is 12.4 Å². The van der Waals surface area contributed by atoms with Gasteiger partial charge < -0.3 is 10.6 Å². The average molecular weight is 276 g/mol. The second-order valence-electron chi connectivity index (χ2n) is 3.98. The minimum atomic E-state index is -0.139. The number of hydrogen-bond acceptors (Lipinski definition) is 5. The summed E-state index contributed by atoms with van der Waals surface area (Å²) in [5.41, 5.74) is 1.31. The van der Waals surface area contributed by atoms with Crippen molar-refractivity contribution in [1.82, 2.24) is 15.3 Å². The number of anilines is 1. The van der Waals surface area contributed by atoms with E-state index >= 15 is 0 Å². The van der Waals surface area contributed by atoms with Crippen LogP contribution in [0.2, 0.25) is 0 Å². The molecule has 2 heterocycles. The fourth-order valence-electron chi connectivity index (χ4n) is 1.77. The molecule has 2 aromatic heterocycles. The second-order valence-corrected chi connectivity index (χ2v) is 4.90. The molecule has 0 saturated heterocycles. The van der Waals surface area contributed by atoms with Crippen LogP contribution in [0.15, 0.2) is 30.0 Å². The number of amides is 1. The molecule has 19 heavy (non-hydrogen) atoms. The first-order valence-corrected chi connectivity index (χ1v) is 6.96. The summed E-state index contributed by atoms with van der Waals surface area (Å²) in [5, 5.41) is 8.81. The van der Waals surface area contributed by atoms with Crippen LogP contribution in [0.1, 0.15) is 34.8 Å². The van der Waals surface area contributed by atoms with E-state index in [1.54, 1.807) is 43.0 Å². The molecule has 1 unspecified atom stereocenters. The number of thiazole rings is 1. The summed E-state index contributed by atoms with van der Waals surface area (Å²) in [5.74, 6) is -0.139. The minimum Gasteiger partial charge on any atom is -0.387 e. The van der Waals surface area contributed by atoms with Gasteiger partial charge in [-0.15, -0.1) is 11.3 Å². The molecule has 0 aliphatic carbocycles. The number of pyridine rings is 1. The van der Waals surface area contributed by atoms with Crippen LogP contribution in [-0.2, 0) is 0 Å². The Hall–Kier alpha value is -1.95. The van der Waals surface area contributed by atoms with E-state index in [0.717, 1.165) is 17.1 Å². The first-order valence-electron chi connectivity index (χ1n) is 6.08. The molecule has 6 heteroatoms. The lowest BCUT2D eigenvalue weighted by molar-refractivity contribution is 0.0936. The number of aromatic nitrogens is 2. The maximum atomic E-state index is 12.3. The molecule has 100 valence electrons. The van der Waals surface area contributed by atoms with Crippen LogP contribution in [0.5, 0.6) is 0 Å². The fourth-order valence-corrected chi connectivity index (χ4v) is 2.55. The highest BCUT2D eigenvalue weighted by molar-refractivity contribution is 7.09. The Balaban J connectivity index is 2.16. The zero-order valence-electron chi connectivity index (χ0n) is 10.9. The number of carbonyl (C=O) groups excluding carboxylic acids is 1. The van der Waals surface area contributed by atoms with Crippen molar-refractivity contribution in [2.45, 2.75) is 19.4 Å². The summed E-state index contributed by atoms with van der Waals surface area (Å²) < 4.78 is 0. The van der Waals surface area contributed by atoms with Crippen molar-refractivity contribution in [3.63, 3.8) is 0 Å². The summed E-state index contributed by atoms with van der Waals surface area (Å²) in [6.07, 6.45) is 5.77. The normalized spacial score (nSPS) is 11.9. The lowest BCUT2D eigenvalue weighted by Gasteiger charge is -2.15. The van der Waals surface area contributed by atoms with Crippen molar-refractivity contribution < 1.29 is 4.79 Å². The van der Waals surface area contributed by atoms with Gasteiger partial charge in [0.25, 0.3) is 5.91 Å². The maximum absolute atomic E-state index is 12.3. The Labute approximate surface area is 116 Å². The molecule has 2 N–H and O–H groups in total. The predicted molar refractivity (Wildman–Crippen MR) is 76.4 cm³/mol. The first-order chi connectivity index (χ1) is 9.26. The highest BCUT2D eigenvalue weighted by atomic mass is 32.1. The van der Waals surface area contributed by atoms with Crippen molar-refractivity contribution in [1.29, 1.82) is 0 Å². The van der Waals surface area contributed by atoms with E-state index in [1.165, 1.54) is 0 Å². The number of carbonyl (C=O) groups is 1. The molecule has 2 rings (SSSR count). The monoisotopic (exact) mass is 276 g/mol. The zero-order chi connectivity index (χ0) is 13.7. The molecule has 0 radical (unpaired) electrons. The van der Waals surface area contributed by atoms with E-state index in [1.807, 2.05) is 12.3 Å². The molecule has 0 aliphatic heterocycles. The van der Waals surface area contributed by atoms with Crippen LogP contribution in [0.4, 0.5) is 5.69 Å². The Kier molecular flexibility index (Phi) is 4.46. The lowest BCUT2D eigenvalue weighted by atomic mass is 10.2. The van der Waals surface area contributed by atoms with E-state index in [9.17, 15) is 4.79 Å². The van der Waals surface area contributed by atoms with Crippen molar-refractivity contribution in [3.05, 3.63) is 40.6 Å². The smallest absolute Gasteiger partial charge is 0.255 e. The lowest BCUT2D eigenvalue weighted by Crippen LogP contribution is -2.28. The summed E-state index contributed by atoms with van der Waals surface area (Å²) in [4.78, 5) is 20.5. The minimum absolute atomic E-state index is 0.0580. The van der Waals surface area contributed by atoms with Gasteiger partial charge in [-0.2, -0.15) is 0 Å². The van der Waals surface area contributed by atoms with Crippen LogP contribution >= 0.6 is 11.3 Å². The van der Waals surface area contributed by atoms with Gasteiger partial charge in [0.2, 0.25) is 0 Å². The quantitative estimate of drug-likeness (QED) is 0.880. The second kappa shape index (κ2) is 6.29. The SMILES string of the molecule is CCC(NC(=O)c1cnccc1NC)c1nccs1. The van der Waals surface area contributed by atoms with Crippen LogP contribution in [0, 0.1) is 0 Å². The van der Waals surface area contributed by atoms with Crippen LogP contribution < -0.4 is 10.6 Å². The Morgan fingerprint density at radius 3 is 2.95 bits per heavy atom. The van der Waals surface area contributed by atoms with Crippen molar-refractivity contribution >= 4 is 22.9 Å². The van der Waals surface area contributed by atoms with Gasteiger partial charge in [-0.05, 0) is 12.5 Å². The third-order valence-electron chi connectivity index (χ3n) is 2.80. The van der Waals surface area contributed by atoms with Crippen LogP contribution in [-0.4, -0.2) is 22.9 Å². The van der Waals surface area contributed by atoms with Gasteiger partial charge in [0, 0.05) is 36.7 Å². The molecule has 1 atom stereocenters. The molecular formula is C13H16N4OS. The highest BCUT2D eigenvalue weighted by Gasteiger charge is 2.18. The number of rotatable bonds is 5. The molecule has 1 amide bonds. The van der Waals surface area contributed by atoms with Crippen LogP contribution in [0.25, 0.3) is 0 Å². The fraction of sp³-hybridized carbons (Fsp3) is 0.308. The first kappa shape index (κ1) is 13.5. The maximum Gasteiger partial charge on any atom is 0.255 e. The number of hydrogen-bond donors (Lipinski definition) is 2. The van der Waals surface area contributed by atoms with Gasteiger partial charge >= 0.3 is 0 Å². The highest BCUT2D eigenvalue weighted by Crippen LogP contribution is 2.20. The van der Waals surface area contributed by atoms with Gasteiger partial charge in [0.15, 0.2) is 0 Å². The third-order valence-corrected chi connectivity index (χ3v) is 3.69. The topological polar surface area (TPSA) is 66.9 Å². The molecular weight excluding hydrogens is 260 g/mol. The van der Waals surface area contributed by atoms with Crippen molar-refractivity contribution in [2.24, 2.45) is 0 Å². The molecule has 0 aliphatic rings. The Morgan fingerprint density at radius 1 is 1.47 bits per heavy atom. The molecule has 0 fully saturated rings. The largest absolute Gasteiger partial charge is 0.387 e. The molecule has 0 spiro atoms.